The largest absolute Gasteiger partial charge is 0.494 e. The Bertz CT molecular complexity index is 1350. The number of anilines is 3. The van der Waals surface area contributed by atoms with Gasteiger partial charge in [-0.15, -0.1) is 0 Å². The van der Waals surface area contributed by atoms with Crippen LogP contribution in [0.4, 0.5) is 22.1 Å². The van der Waals surface area contributed by atoms with Gasteiger partial charge in [0.25, 0.3) is 0 Å². The highest BCUT2D eigenvalue weighted by molar-refractivity contribution is 5.95. The number of pyridine rings is 1. The summed E-state index contributed by atoms with van der Waals surface area (Å²) in [5.74, 6) is 0.905. The van der Waals surface area contributed by atoms with E-state index < -0.39 is 17.1 Å². The summed E-state index contributed by atoms with van der Waals surface area (Å²) in [6.45, 7) is 7.16. The molecule has 2 aromatic heterocycles. The number of amides is 1. The van der Waals surface area contributed by atoms with E-state index in [4.69, 9.17) is 9.47 Å². The zero-order valence-electron chi connectivity index (χ0n) is 20.9. The van der Waals surface area contributed by atoms with Gasteiger partial charge in [0.05, 0.1) is 36.9 Å². The summed E-state index contributed by atoms with van der Waals surface area (Å²) >= 11 is 0. The van der Waals surface area contributed by atoms with Crippen LogP contribution in [0.15, 0.2) is 42.9 Å². The lowest BCUT2D eigenvalue weighted by Crippen LogP contribution is -2.40. The fraction of sp³-hybridized carbons (Fsp3) is 0.346. The molecule has 4 rings (SSSR count). The van der Waals surface area contributed by atoms with Crippen LogP contribution in [0.5, 0.6) is 5.75 Å². The monoisotopic (exact) mass is 488 g/mol. The fourth-order valence-corrected chi connectivity index (χ4v) is 4.09. The standard InChI is InChI=1S/C26H28N6O4/c1-25(2,3)36-24(34)32-14-26(4,15-33)18-11-16(10-17(12-27)22(18)32)19-6-9-29-23(30-19)31-20-13-28-8-7-21(20)35-5/h6-11,13,33H,14-15H2,1-5H3,(H,29,30,31). The number of aromatic nitrogens is 3. The minimum atomic E-state index is -0.787. The Morgan fingerprint density at radius 1 is 1.31 bits per heavy atom. The van der Waals surface area contributed by atoms with E-state index in [1.807, 2.05) is 13.0 Å². The highest BCUT2D eigenvalue weighted by Crippen LogP contribution is 2.45. The molecule has 3 heterocycles. The van der Waals surface area contributed by atoms with Crippen LogP contribution in [0, 0.1) is 11.3 Å². The average molecular weight is 489 g/mol. The number of aliphatic hydroxyl groups excluding tert-OH is 1. The van der Waals surface area contributed by atoms with Crippen molar-refractivity contribution >= 4 is 23.4 Å². The molecule has 1 amide bonds. The van der Waals surface area contributed by atoms with Gasteiger partial charge >= 0.3 is 6.09 Å². The van der Waals surface area contributed by atoms with Gasteiger partial charge in [-0.25, -0.2) is 14.8 Å². The van der Waals surface area contributed by atoms with E-state index in [2.05, 4.69) is 26.3 Å². The molecule has 1 aliphatic heterocycles. The van der Waals surface area contributed by atoms with E-state index in [9.17, 15) is 15.2 Å². The summed E-state index contributed by atoms with van der Waals surface area (Å²) in [7, 11) is 1.56. The van der Waals surface area contributed by atoms with Gasteiger partial charge in [-0.05, 0) is 44.5 Å². The first-order valence-corrected chi connectivity index (χ1v) is 11.4. The molecule has 0 fully saturated rings. The van der Waals surface area contributed by atoms with Gasteiger partial charge in [-0.1, -0.05) is 6.92 Å². The number of carbonyl (C=O) groups excluding carboxylic acids is 1. The molecule has 36 heavy (non-hydrogen) atoms. The highest BCUT2D eigenvalue weighted by Gasteiger charge is 2.44. The third-order valence-electron chi connectivity index (χ3n) is 5.82. The van der Waals surface area contributed by atoms with Crippen molar-refractivity contribution in [2.45, 2.75) is 38.7 Å². The van der Waals surface area contributed by atoms with Gasteiger partial charge < -0.3 is 19.9 Å². The summed E-state index contributed by atoms with van der Waals surface area (Å²) in [5.41, 5.74) is 1.73. The molecule has 10 heteroatoms. The molecule has 1 aromatic carbocycles. The molecule has 1 atom stereocenters. The van der Waals surface area contributed by atoms with E-state index >= 15 is 0 Å². The van der Waals surface area contributed by atoms with Gasteiger partial charge in [-0.3, -0.25) is 9.88 Å². The third-order valence-corrected chi connectivity index (χ3v) is 5.82. The van der Waals surface area contributed by atoms with Crippen molar-refractivity contribution in [3.8, 4) is 23.1 Å². The van der Waals surface area contributed by atoms with Gasteiger partial charge in [0.2, 0.25) is 5.95 Å². The maximum Gasteiger partial charge on any atom is 0.414 e. The lowest BCUT2D eigenvalue weighted by Gasteiger charge is -2.26. The maximum absolute atomic E-state index is 13.0. The zero-order chi connectivity index (χ0) is 26.1. The molecule has 10 nitrogen and oxygen atoms in total. The molecule has 0 bridgehead atoms. The number of rotatable bonds is 5. The Hall–Kier alpha value is -4.23. The second kappa shape index (κ2) is 9.43. The van der Waals surface area contributed by atoms with Crippen molar-refractivity contribution in [3.63, 3.8) is 0 Å². The van der Waals surface area contributed by atoms with Crippen molar-refractivity contribution in [2.24, 2.45) is 0 Å². The molecular weight excluding hydrogens is 460 g/mol. The third kappa shape index (κ3) is 4.78. The van der Waals surface area contributed by atoms with Crippen molar-refractivity contribution in [2.75, 3.05) is 30.5 Å². The summed E-state index contributed by atoms with van der Waals surface area (Å²) in [6, 6.07) is 9.18. The van der Waals surface area contributed by atoms with Gasteiger partial charge in [0.1, 0.15) is 23.1 Å². The second-order valence-electron chi connectivity index (χ2n) is 9.78. The number of carbonyl (C=O) groups is 1. The first kappa shape index (κ1) is 24.9. The quantitative estimate of drug-likeness (QED) is 0.543. The first-order valence-electron chi connectivity index (χ1n) is 11.4. The van der Waals surface area contributed by atoms with E-state index in [0.717, 1.165) is 0 Å². The molecular formula is C26H28N6O4. The number of methoxy groups -OCH3 is 1. The normalized spacial score (nSPS) is 16.8. The summed E-state index contributed by atoms with van der Waals surface area (Å²) in [4.78, 5) is 27.4. The van der Waals surface area contributed by atoms with E-state index in [-0.39, 0.29) is 18.7 Å². The van der Waals surface area contributed by atoms with E-state index in [1.165, 1.54) is 4.90 Å². The lowest BCUT2D eigenvalue weighted by atomic mass is 9.83. The molecule has 1 aliphatic rings. The van der Waals surface area contributed by atoms with Crippen molar-refractivity contribution in [3.05, 3.63) is 54.0 Å². The van der Waals surface area contributed by atoms with Gasteiger partial charge in [0, 0.05) is 36.0 Å². The Morgan fingerprint density at radius 3 is 2.75 bits per heavy atom. The molecule has 186 valence electrons. The van der Waals surface area contributed by atoms with Crippen LogP contribution >= 0.6 is 0 Å². The number of benzene rings is 1. The molecule has 0 aliphatic carbocycles. The average Bonchev–Trinajstić information content (AvgIpc) is 3.16. The number of aliphatic hydroxyl groups is 1. The summed E-state index contributed by atoms with van der Waals surface area (Å²) in [6.07, 6.45) is 4.26. The topological polar surface area (TPSA) is 133 Å². The minimum Gasteiger partial charge on any atom is -0.494 e. The Balaban J connectivity index is 1.76. The summed E-state index contributed by atoms with van der Waals surface area (Å²) < 4.78 is 10.9. The van der Waals surface area contributed by atoms with E-state index in [1.54, 1.807) is 64.7 Å². The molecule has 0 saturated heterocycles. The molecule has 0 saturated carbocycles. The molecule has 3 aromatic rings. The Kier molecular flexibility index (Phi) is 6.52. The van der Waals surface area contributed by atoms with Gasteiger partial charge in [0.15, 0.2) is 0 Å². The number of nitrogens with zero attached hydrogens (tertiary/aromatic N) is 5. The minimum absolute atomic E-state index is 0.184. The Labute approximate surface area is 209 Å². The van der Waals surface area contributed by atoms with Crippen LogP contribution in [0.2, 0.25) is 0 Å². The second-order valence-corrected chi connectivity index (χ2v) is 9.78. The van der Waals surface area contributed by atoms with Crippen LogP contribution in [0.3, 0.4) is 0 Å². The number of fused-ring (bicyclic) bond motifs is 1. The van der Waals surface area contributed by atoms with Gasteiger partial charge in [-0.2, -0.15) is 5.26 Å². The predicted octanol–water partition coefficient (Wildman–Crippen LogP) is 4.17. The lowest BCUT2D eigenvalue weighted by molar-refractivity contribution is 0.0575. The number of nitriles is 1. The highest BCUT2D eigenvalue weighted by atomic mass is 16.6. The summed E-state index contributed by atoms with van der Waals surface area (Å²) in [5, 5.41) is 23.4. The number of ether oxygens (including phenoxy) is 2. The van der Waals surface area contributed by atoms with Crippen molar-refractivity contribution in [1.29, 1.82) is 5.26 Å². The maximum atomic E-state index is 13.0. The number of nitrogens with one attached hydrogen (secondary N) is 1. The van der Waals surface area contributed by atoms with Crippen molar-refractivity contribution in [1.82, 2.24) is 15.0 Å². The number of hydrogen-bond donors (Lipinski definition) is 2. The van der Waals surface area contributed by atoms with Crippen LogP contribution in [0.25, 0.3) is 11.3 Å². The van der Waals surface area contributed by atoms with Crippen molar-refractivity contribution < 1.29 is 19.4 Å². The molecule has 2 N–H and O–H groups in total. The smallest absolute Gasteiger partial charge is 0.414 e. The molecule has 1 unspecified atom stereocenters. The SMILES string of the molecule is COc1ccncc1Nc1nccc(-c2cc(C#N)c3c(c2)C(C)(CO)CN3C(=O)OC(C)(C)C)n1. The fourth-order valence-electron chi connectivity index (χ4n) is 4.09. The van der Waals surface area contributed by atoms with Crippen LogP contribution < -0.4 is 15.0 Å². The molecule has 0 radical (unpaired) electrons. The first-order chi connectivity index (χ1) is 17.1. The molecule has 0 spiro atoms. The zero-order valence-corrected chi connectivity index (χ0v) is 20.9. The van der Waals surface area contributed by atoms with Crippen LogP contribution in [0.1, 0.15) is 38.8 Å². The number of hydrogen-bond acceptors (Lipinski definition) is 9. The van der Waals surface area contributed by atoms with Crippen LogP contribution in [-0.4, -0.2) is 52.0 Å². The predicted molar refractivity (Wildman–Crippen MR) is 134 cm³/mol. The van der Waals surface area contributed by atoms with E-state index in [0.29, 0.717) is 39.9 Å². The Morgan fingerprint density at radius 2 is 2.08 bits per heavy atom. The van der Waals surface area contributed by atoms with Crippen LogP contribution in [-0.2, 0) is 10.2 Å².